The van der Waals surface area contributed by atoms with E-state index < -0.39 is 28.0 Å². The number of halogens is 1. The van der Waals surface area contributed by atoms with Crippen LogP contribution >= 0.6 is 11.6 Å². The molecule has 1 saturated heterocycles. The number of fused-ring (bicyclic) bond motifs is 1. The highest BCUT2D eigenvalue weighted by molar-refractivity contribution is 7.89. The zero-order valence-electron chi connectivity index (χ0n) is 19.3. The van der Waals surface area contributed by atoms with E-state index in [-0.39, 0.29) is 47.6 Å². The summed E-state index contributed by atoms with van der Waals surface area (Å²) in [5.74, 6) is -0.381. The topological polar surface area (TPSA) is 120 Å². The minimum Gasteiger partial charge on any atom is -0.454 e. The van der Waals surface area contributed by atoms with E-state index in [2.05, 4.69) is 5.32 Å². The van der Waals surface area contributed by atoms with Crippen LogP contribution in [-0.4, -0.2) is 62.8 Å². The van der Waals surface area contributed by atoms with Crippen LogP contribution < -0.4 is 14.8 Å². The van der Waals surface area contributed by atoms with Crippen molar-refractivity contribution in [3.05, 3.63) is 47.0 Å². The molecule has 3 atom stereocenters. The Morgan fingerprint density at radius 3 is 2.49 bits per heavy atom. The molecule has 0 bridgehead atoms. The van der Waals surface area contributed by atoms with E-state index in [9.17, 15) is 18.0 Å². The number of amides is 1. The minimum absolute atomic E-state index is 0.0260. The molecule has 0 aromatic heterocycles. The molecule has 1 amide bonds. The summed E-state index contributed by atoms with van der Waals surface area (Å²) in [7, 11) is -3.99. The standard InChI is InChI=1S/C23H25ClN2O8S/c1-13-10-26(11-14(2)33-13)35(29,30)21-8-16(4-6-18(21)24)23(28)34-15(3)22(27)25-17-5-7-19-20(9-17)32-12-31-19/h4-9,13-15H,10-12H2,1-3H3,(H,25,27)/t13-,14-,15-/m1/s1. The molecule has 0 saturated carbocycles. The van der Waals surface area contributed by atoms with E-state index in [0.717, 1.165) is 6.07 Å². The van der Waals surface area contributed by atoms with Gasteiger partial charge in [-0.1, -0.05) is 11.6 Å². The maximum atomic E-state index is 13.2. The predicted octanol–water partition coefficient (Wildman–Crippen LogP) is 3.05. The van der Waals surface area contributed by atoms with E-state index in [1.807, 2.05) is 0 Å². The molecule has 0 spiro atoms. The highest BCUT2D eigenvalue weighted by atomic mass is 35.5. The normalized spacial score (nSPS) is 20.8. The average Bonchev–Trinajstić information content (AvgIpc) is 3.26. The molecule has 1 fully saturated rings. The molecule has 1 N–H and O–H groups in total. The van der Waals surface area contributed by atoms with Crippen molar-refractivity contribution >= 4 is 39.2 Å². The number of carbonyl (C=O) groups is 2. The third kappa shape index (κ3) is 5.53. The second kappa shape index (κ2) is 10.0. The zero-order chi connectivity index (χ0) is 25.3. The average molecular weight is 525 g/mol. The van der Waals surface area contributed by atoms with Gasteiger partial charge in [-0.25, -0.2) is 13.2 Å². The Bertz CT molecular complexity index is 1240. The summed E-state index contributed by atoms with van der Waals surface area (Å²) in [5, 5.41) is 2.61. The van der Waals surface area contributed by atoms with Crippen molar-refractivity contribution in [3.63, 3.8) is 0 Å². The van der Waals surface area contributed by atoms with E-state index in [1.165, 1.54) is 23.4 Å². The first-order valence-corrected chi connectivity index (χ1v) is 12.7. The number of carbonyl (C=O) groups excluding carboxylic acids is 2. The van der Waals surface area contributed by atoms with E-state index in [0.29, 0.717) is 17.2 Å². The number of ether oxygens (including phenoxy) is 4. The van der Waals surface area contributed by atoms with Crippen LogP contribution in [0.1, 0.15) is 31.1 Å². The van der Waals surface area contributed by atoms with Crippen molar-refractivity contribution in [2.24, 2.45) is 0 Å². The maximum Gasteiger partial charge on any atom is 0.338 e. The number of benzene rings is 2. The van der Waals surface area contributed by atoms with Gasteiger partial charge in [0.1, 0.15) is 4.90 Å². The van der Waals surface area contributed by atoms with Gasteiger partial charge in [0.2, 0.25) is 16.8 Å². The second-order valence-electron chi connectivity index (χ2n) is 8.33. The van der Waals surface area contributed by atoms with Crippen LogP contribution in [0.4, 0.5) is 5.69 Å². The van der Waals surface area contributed by atoms with Crippen LogP contribution in [0.15, 0.2) is 41.3 Å². The number of nitrogens with zero attached hydrogens (tertiary/aromatic N) is 1. The van der Waals surface area contributed by atoms with Crippen LogP contribution in [0.2, 0.25) is 5.02 Å². The number of anilines is 1. The first-order chi connectivity index (χ1) is 16.5. The van der Waals surface area contributed by atoms with Crippen LogP contribution in [0, 0.1) is 0 Å². The molecular formula is C23H25ClN2O8S. The lowest BCUT2D eigenvalue weighted by atomic mass is 10.2. The van der Waals surface area contributed by atoms with Gasteiger partial charge >= 0.3 is 5.97 Å². The van der Waals surface area contributed by atoms with Crippen molar-refractivity contribution in [3.8, 4) is 11.5 Å². The Morgan fingerprint density at radius 2 is 1.77 bits per heavy atom. The van der Waals surface area contributed by atoms with E-state index in [4.69, 9.17) is 30.5 Å². The van der Waals surface area contributed by atoms with Crippen molar-refractivity contribution in [1.82, 2.24) is 4.31 Å². The van der Waals surface area contributed by atoms with Crippen LogP contribution in [0.5, 0.6) is 11.5 Å². The van der Waals surface area contributed by atoms with Crippen molar-refractivity contribution < 1.29 is 37.0 Å². The number of rotatable bonds is 6. The smallest absolute Gasteiger partial charge is 0.338 e. The first kappa shape index (κ1) is 25.2. The summed E-state index contributed by atoms with van der Waals surface area (Å²) >= 11 is 6.19. The summed E-state index contributed by atoms with van der Waals surface area (Å²) in [6, 6.07) is 8.70. The molecule has 2 aromatic carbocycles. The largest absolute Gasteiger partial charge is 0.454 e. The monoisotopic (exact) mass is 524 g/mol. The Kier molecular flexibility index (Phi) is 7.22. The Morgan fingerprint density at radius 1 is 1.09 bits per heavy atom. The molecule has 2 aliphatic rings. The fraction of sp³-hybridized carbons (Fsp3) is 0.391. The van der Waals surface area contributed by atoms with Gasteiger partial charge in [-0.15, -0.1) is 0 Å². The lowest BCUT2D eigenvalue weighted by molar-refractivity contribution is -0.123. The molecule has 0 radical (unpaired) electrons. The van der Waals surface area contributed by atoms with E-state index in [1.54, 1.807) is 32.0 Å². The van der Waals surface area contributed by atoms with Crippen molar-refractivity contribution in [1.29, 1.82) is 0 Å². The SMILES string of the molecule is C[C@@H]1CN(S(=O)(=O)c2cc(C(=O)O[C@H](C)C(=O)Nc3ccc4c(c3)OCO4)ccc2Cl)C[C@@H](C)O1. The number of sulfonamides is 1. The molecule has 2 aromatic rings. The van der Waals surface area contributed by atoms with Gasteiger partial charge < -0.3 is 24.3 Å². The van der Waals surface area contributed by atoms with Crippen LogP contribution in [0.25, 0.3) is 0 Å². The van der Waals surface area contributed by atoms with Gasteiger partial charge in [-0.2, -0.15) is 4.31 Å². The molecular weight excluding hydrogens is 500 g/mol. The number of hydrogen-bond acceptors (Lipinski definition) is 8. The van der Waals surface area contributed by atoms with Crippen LogP contribution in [-0.2, 0) is 24.3 Å². The molecule has 0 unspecified atom stereocenters. The van der Waals surface area contributed by atoms with E-state index >= 15 is 0 Å². The molecule has 188 valence electrons. The third-order valence-corrected chi connectivity index (χ3v) is 7.78. The highest BCUT2D eigenvalue weighted by Crippen LogP contribution is 2.34. The van der Waals surface area contributed by atoms with Gasteiger partial charge in [0.15, 0.2) is 17.6 Å². The summed E-state index contributed by atoms with van der Waals surface area (Å²) in [4.78, 5) is 25.0. The zero-order valence-corrected chi connectivity index (χ0v) is 20.9. The predicted molar refractivity (Wildman–Crippen MR) is 126 cm³/mol. The molecule has 10 nitrogen and oxygen atoms in total. The quantitative estimate of drug-likeness (QED) is 0.572. The van der Waals surface area contributed by atoms with Crippen molar-refractivity contribution in [2.75, 3.05) is 25.2 Å². The summed E-state index contributed by atoms with van der Waals surface area (Å²) < 4.78 is 49.1. The summed E-state index contributed by atoms with van der Waals surface area (Å²) in [5.41, 5.74) is 0.390. The molecule has 0 aliphatic carbocycles. The Hall–Kier alpha value is -2.86. The van der Waals surface area contributed by atoms with Gasteiger partial charge in [0, 0.05) is 24.8 Å². The van der Waals surface area contributed by atoms with Gasteiger partial charge in [-0.3, -0.25) is 4.79 Å². The van der Waals surface area contributed by atoms with Crippen molar-refractivity contribution in [2.45, 2.75) is 44.0 Å². The number of esters is 1. The fourth-order valence-electron chi connectivity index (χ4n) is 3.79. The Balaban J connectivity index is 1.46. The van der Waals surface area contributed by atoms with Gasteiger partial charge in [-0.05, 0) is 51.1 Å². The fourth-order valence-corrected chi connectivity index (χ4v) is 5.89. The molecule has 2 aliphatic heterocycles. The minimum atomic E-state index is -3.99. The molecule has 12 heteroatoms. The maximum absolute atomic E-state index is 13.2. The number of morpholine rings is 1. The molecule has 35 heavy (non-hydrogen) atoms. The number of nitrogens with one attached hydrogen (secondary N) is 1. The van der Waals surface area contributed by atoms with Gasteiger partial charge in [0.25, 0.3) is 5.91 Å². The summed E-state index contributed by atoms with van der Waals surface area (Å²) in [6.07, 6.45) is -1.74. The summed E-state index contributed by atoms with van der Waals surface area (Å²) in [6.45, 7) is 5.39. The highest BCUT2D eigenvalue weighted by Gasteiger charge is 2.34. The molecule has 4 rings (SSSR count). The van der Waals surface area contributed by atoms with Gasteiger partial charge in [0.05, 0.1) is 22.8 Å². The third-order valence-electron chi connectivity index (χ3n) is 5.46. The lowest BCUT2D eigenvalue weighted by Gasteiger charge is -2.34. The first-order valence-electron chi connectivity index (χ1n) is 10.9. The number of hydrogen-bond donors (Lipinski definition) is 1. The second-order valence-corrected chi connectivity index (χ2v) is 10.6. The molecule has 2 heterocycles. The Labute approximate surface area is 208 Å². The van der Waals surface area contributed by atoms with Crippen LogP contribution in [0.3, 0.4) is 0 Å². The lowest BCUT2D eigenvalue weighted by Crippen LogP contribution is -2.48.